The Hall–Kier alpha value is -3.02. The summed E-state index contributed by atoms with van der Waals surface area (Å²) in [7, 11) is 1.38. The number of imide groups is 1. The van der Waals surface area contributed by atoms with Gasteiger partial charge in [0.1, 0.15) is 5.82 Å². The van der Waals surface area contributed by atoms with Gasteiger partial charge in [-0.25, -0.2) is 4.39 Å². The van der Waals surface area contributed by atoms with Crippen LogP contribution in [0, 0.1) is 5.82 Å². The van der Waals surface area contributed by atoms with Gasteiger partial charge in [0.25, 0.3) is 17.7 Å². The highest BCUT2D eigenvalue weighted by molar-refractivity contribution is 6.24. The summed E-state index contributed by atoms with van der Waals surface area (Å²) in [5, 5.41) is 2.55. The van der Waals surface area contributed by atoms with Crippen molar-refractivity contribution in [2.75, 3.05) is 12.4 Å². The van der Waals surface area contributed by atoms with E-state index in [-0.39, 0.29) is 22.4 Å². The third kappa shape index (κ3) is 2.14. The number of hydrogen-bond donors (Lipinski definition) is 1. The van der Waals surface area contributed by atoms with Gasteiger partial charge in [-0.15, -0.1) is 0 Å². The predicted octanol–water partition coefficient (Wildman–Crippen LogP) is 2.30. The SMILES string of the molecule is CN1C(=O)c2cccc(NC(=O)c3cccc(F)c3)c2C1=O. The van der Waals surface area contributed by atoms with Crippen LogP contribution in [0.4, 0.5) is 10.1 Å². The highest BCUT2D eigenvalue weighted by Crippen LogP contribution is 2.28. The fourth-order valence-electron chi connectivity index (χ4n) is 2.33. The number of benzene rings is 2. The van der Waals surface area contributed by atoms with Gasteiger partial charge in [-0.05, 0) is 30.3 Å². The minimum atomic E-state index is -0.553. The number of anilines is 1. The number of hydrogen-bond acceptors (Lipinski definition) is 3. The topological polar surface area (TPSA) is 66.5 Å². The maximum atomic E-state index is 13.2. The molecule has 0 saturated carbocycles. The summed E-state index contributed by atoms with van der Waals surface area (Å²) in [5.74, 6) is -1.98. The molecule has 5 nitrogen and oxygen atoms in total. The van der Waals surface area contributed by atoms with Crippen molar-refractivity contribution in [3.05, 3.63) is 65.0 Å². The molecule has 1 aliphatic rings. The Morgan fingerprint density at radius 3 is 2.55 bits per heavy atom. The highest BCUT2D eigenvalue weighted by Gasteiger charge is 2.35. The Kier molecular flexibility index (Phi) is 3.21. The number of halogens is 1. The van der Waals surface area contributed by atoms with Crippen LogP contribution < -0.4 is 5.32 Å². The highest BCUT2D eigenvalue weighted by atomic mass is 19.1. The van der Waals surface area contributed by atoms with E-state index in [4.69, 9.17) is 0 Å². The maximum Gasteiger partial charge on any atom is 0.263 e. The minimum absolute atomic E-state index is 0.128. The van der Waals surface area contributed by atoms with E-state index >= 15 is 0 Å². The first kappa shape index (κ1) is 13.9. The van der Waals surface area contributed by atoms with Crippen LogP contribution in [0.2, 0.25) is 0 Å². The molecule has 6 heteroatoms. The predicted molar refractivity (Wildman–Crippen MR) is 77.2 cm³/mol. The summed E-state index contributed by atoms with van der Waals surface area (Å²) < 4.78 is 13.2. The first-order valence-corrected chi connectivity index (χ1v) is 6.51. The summed E-state index contributed by atoms with van der Waals surface area (Å²) >= 11 is 0. The van der Waals surface area contributed by atoms with E-state index in [0.29, 0.717) is 0 Å². The molecule has 0 unspecified atom stereocenters. The molecule has 1 N–H and O–H groups in total. The van der Waals surface area contributed by atoms with Crippen LogP contribution in [0.25, 0.3) is 0 Å². The summed E-state index contributed by atoms with van der Waals surface area (Å²) in [5.41, 5.74) is 0.751. The van der Waals surface area contributed by atoms with E-state index in [0.717, 1.165) is 11.0 Å². The van der Waals surface area contributed by atoms with Gasteiger partial charge >= 0.3 is 0 Å². The fraction of sp³-hybridized carbons (Fsp3) is 0.0625. The van der Waals surface area contributed by atoms with Crippen LogP contribution >= 0.6 is 0 Å². The third-order valence-electron chi connectivity index (χ3n) is 3.45. The molecule has 1 heterocycles. The Morgan fingerprint density at radius 2 is 1.82 bits per heavy atom. The summed E-state index contributed by atoms with van der Waals surface area (Å²) in [6.07, 6.45) is 0. The van der Waals surface area contributed by atoms with Gasteiger partial charge in [-0.3, -0.25) is 19.3 Å². The van der Waals surface area contributed by atoms with Crippen molar-refractivity contribution in [1.29, 1.82) is 0 Å². The second-order valence-corrected chi connectivity index (χ2v) is 4.86. The van der Waals surface area contributed by atoms with Crippen molar-refractivity contribution in [2.45, 2.75) is 0 Å². The second-order valence-electron chi connectivity index (χ2n) is 4.86. The van der Waals surface area contributed by atoms with E-state index in [1.165, 1.54) is 37.4 Å². The van der Waals surface area contributed by atoms with Crippen molar-refractivity contribution in [2.24, 2.45) is 0 Å². The van der Waals surface area contributed by atoms with E-state index in [9.17, 15) is 18.8 Å². The molecule has 0 fully saturated rings. The number of nitrogens with zero attached hydrogens (tertiary/aromatic N) is 1. The lowest BCUT2D eigenvalue weighted by molar-refractivity contribution is 0.0693. The molecule has 2 aromatic rings. The molecule has 0 aliphatic carbocycles. The second kappa shape index (κ2) is 5.07. The summed E-state index contributed by atoms with van der Waals surface area (Å²) in [4.78, 5) is 37.1. The van der Waals surface area contributed by atoms with Gasteiger partial charge in [0.15, 0.2) is 0 Å². The zero-order valence-electron chi connectivity index (χ0n) is 11.6. The molecular formula is C16H11FN2O3. The molecule has 0 aromatic heterocycles. The standard InChI is InChI=1S/C16H11FN2O3/c1-19-15(21)11-6-3-7-12(13(11)16(19)22)18-14(20)9-4-2-5-10(17)8-9/h2-8H,1H3,(H,18,20). The normalized spacial score (nSPS) is 13.3. The van der Waals surface area contributed by atoms with E-state index < -0.39 is 23.5 Å². The smallest absolute Gasteiger partial charge is 0.263 e. The summed E-state index contributed by atoms with van der Waals surface area (Å²) in [6, 6.07) is 9.83. The number of fused-ring (bicyclic) bond motifs is 1. The minimum Gasteiger partial charge on any atom is -0.321 e. The zero-order chi connectivity index (χ0) is 15.9. The van der Waals surface area contributed by atoms with Crippen molar-refractivity contribution in [1.82, 2.24) is 4.90 Å². The fourth-order valence-corrected chi connectivity index (χ4v) is 2.33. The Balaban J connectivity index is 1.97. The van der Waals surface area contributed by atoms with Gasteiger partial charge in [0, 0.05) is 12.6 Å². The average molecular weight is 298 g/mol. The molecule has 0 saturated heterocycles. The van der Waals surface area contributed by atoms with Gasteiger partial charge in [-0.2, -0.15) is 0 Å². The molecule has 3 rings (SSSR count). The van der Waals surface area contributed by atoms with E-state index in [1.807, 2.05) is 0 Å². The maximum absolute atomic E-state index is 13.2. The molecule has 0 radical (unpaired) electrons. The van der Waals surface area contributed by atoms with E-state index in [2.05, 4.69) is 5.32 Å². The van der Waals surface area contributed by atoms with Crippen LogP contribution in [0.5, 0.6) is 0 Å². The van der Waals surface area contributed by atoms with Crippen LogP contribution in [0.3, 0.4) is 0 Å². The molecule has 3 amide bonds. The molecule has 110 valence electrons. The van der Waals surface area contributed by atoms with Gasteiger partial charge in [-0.1, -0.05) is 12.1 Å². The zero-order valence-corrected chi connectivity index (χ0v) is 11.6. The Labute approximate surface area is 125 Å². The number of amides is 3. The number of carbonyl (C=O) groups excluding carboxylic acids is 3. The van der Waals surface area contributed by atoms with Gasteiger partial charge in [0.05, 0.1) is 16.8 Å². The lowest BCUT2D eigenvalue weighted by atomic mass is 10.1. The van der Waals surface area contributed by atoms with Crippen molar-refractivity contribution in [3.8, 4) is 0 Å². The van der Waals surface area contributed by atoms with Crippen LogP contribution in [0.1, 0.15) is 31.1 Å². The van der Waals surface area contributed by atoms with Gasteiger partial charge in [0.2, 0.25) is 0 Å². The first-order valence-electron chi connectivity index (χ1n) is 6.51. The van der Waals surface area contributed by atoms with Crippen molar-refractivity contribution in [3.63, 3.8) is 0 Å². The Bertz CT molecular complexity index is 817. The quantitative estimate of drug-likeness (QED) is 0.865. The van der Waals surface area contributed by atoms with Crippen molar-refractivity contribution < 1.29 is 18.8 Å². The largest absolute Gasteiger partial charge is 0.321 e. The molecular weight excluding hydrogens is 287 g/mol. The number of nitrogens with one attached hydrogen (secondary N) is 1. The number of rotatable bonds is 2. The third-order valence-corrected chi connectivity index (χ3v) is 3.45. The van der Waals surface area contributed by atoms with E-state index in [1.54, 1.807) is 6.07 Å². The molecule has 0 atom stereocenters. The lowest BCUT2D eigenvalue weighted by Crippen LogP contribution is -2.24. The lowest BCUT2D eigenvalue weighted by Gasteiger charge is -2.09. The Morgan fingerprint density at radius 1 is 1.09 bits per heavy atom. The van der Waals surface area contributed by atoms with Crippen LogP contribution in [-0.4, -0.2) is 29.7 Å². The molecule has 2 aromatic carbocycles. The molecule has 0 bridgehead atoms. The molecule has 0 spiro atoms. The summed E-state index contributed by atoms with van der Waals surface area (Å²) in [6.45, 7) is 0. The molecule has 22 heavy (non-hydrogen) atoms. The average Bonchev–Trinajstić information content (AvgIpc) is 2.73. The van der Waals surface area contributed by atoms with Gasteiger partial charge < -0.3 is 5.32 Å². The monoisotopic (exact) mass is 298 g/mol. The van der Waals surface area contributed by atoms with Crippen LogP contribution in [0.15, 0.2) is 42.5 Å². The van der Waals surface area contributed by atoms with Crippen molar-refractivity contribution >= 4 is 23.4 Å². The molecule has 1 aliphatic heterocycles. The number of carbonyl (C=O) groups is 3. The van der Waals surface area contributed by atoms with Crippen LogP contribution in [-0.2, 0) is 0 Å². The first-order chi connectivity index (χ1) is 10.5.